The van der Waals surface area contributed by atoms with E-state index in [0.717, 1.165) is 39.3 Å². The van der Waals surface area contributed by atoms with Crippen LogP contribution in [0.25, 0.3) is 22.0 Å². The Hall–Kier alpha value is -4.33. The lowest BCUT2D eigenvalue weighted by atomic mass is 10.0. The van der Waals surface area contributed by atoms with Crippen LogP contribution in [0.5, 0.6) is 17.2 Å². The second-order valence-electron chi connectivity index (χ2n) is 8.72. The average Bonchev–Trinajstić information content (AvgIpc) is 3.41. The van der Waals surface area contributed by atoms with Gasteiger partial charge in [0, 0.05) is 31.7 Å². The van der Waals surface area contributed by atoms with Crippen LogP contribution in [0.3, 0.4) is 0 Å². The molecule has 0 spiro atoms. The number of fused-ring (bicyclic) bond motifs is 2. The van der Waals surface area contributed by atoms with Crippen molar-refractivity contribution in [1.29, 1.82) is 0 Å². The first-order valence-corrected chi connectivity index (χ1v) is 12.1. The predicted molar refractivity (Wildman–Crippen MR) is 137 cm³/mol. The van der Waals surface area contributed by atoms with Crippen molar-refractivity contribution in [1.82, 2.24) is 15.1 Å². The molecule has 2 aliphatic rings. The maximum absolute atomic E-state index is 13.6. The summed E-state index contributed by atoms with van der Waals surface area (Å²) in [6.45, 7) is 5.23. The van der Waals surface area contributed by atoms with E-state index in [-0.39, 0.29) is 12.7 Å². The van der Waals surface area contributed by atoms with E-state index in [0.29, 0.717) is 44.1 Å². The molecule has 3 heterocycles. The van der Waals surface area contributed by atoms with Gasteiger partial charge in [0.25, 0.3) is 5.91 Å². The lowest BCUT2D eigenvalue weighted by molar-refractivity contribution is 0.0744. The molecule has 36 heavy (non-hydrogen) atoms. The molecule has 8 nitrogen and oxygen atoms in total. The first kappa shape index (κ1) is 22.2. The molecule has 0 aliphatic carbocycles. The van der Waals surface area contributed by atoms with Crippen LogP contribution in [-0.2, 0) is 0 Å². The SMILES string of the molecule is CCOc1ccc2ccccc2c1C(=O)N1CCN(c2ccc(-c3ccc4c(c3)OCO4)nn2)CC1. The van der Waals surface area contributed by atoms with Gasteiger partial charge >= 0.3 is 0 Å². The summed E-state index contributed by atoms with van der Waals surface area (Å²) in [4.78, 5) is 17.7. The van der Waals surface area contributed by atoms with Crippen LogP contribution >= 0.6 is 0 Å². The average molecular weight is 483 g/mol. The fourth-order valence-electron chi connectivity index (χ4n) is 4.75. The van der Waals surface area contributed by atoms with Gasteiger partial charge in [-0.15, -0.1) is 10.2 Å². The Morgan fingerprint density at radius 1 is 0.917 bits per heavy atom. The molecule has 4 aromatic rings. The monoisotopic (exact) mass is 482 g/mol. The van der Waals surface area contributed by atoms with E-state index in [1.54, 1.807) is 0 Å². The zero-order valence-electron chi connectivity index (χ0n) is 20.0. The maximum Gasteiger partial charge on any atom is 0.258 e. The first-order chi connectivity index (χ1) is 17.7. The van der Waals surface area contributed by atoms with Crippen LogP contribution in [0, 0.1) is 0 Å². The molecule has 1 amide bonds. The standard InChI is InChI=1S/C28H26N4O4/c1-2-34-24-11-7-19-5-3-4-6-21(19)27(24)28(33)32-15-13-31(14-16-32)26-12-9-22(29-30-26)20-8-10-23-25(17-20)36-18-35-23/h3-12,17H,2,13-16,18H2,1H3. The number of carbonyl (C=O) groups excluding carboxylic acids is 1. The number of hydrogen-bond acceptors (Lipinski definition) is 7. The van der Waals surface area contributed by atoms with Gasteiger partial charge in [-0.2, -0.15) is 0 Å². The molecule has 1 saturated heterocycles. The molecule has 2 aliphatic heterocycles. The highest BCUT2D eigenvalue weighted by Gasteiger charge is 2.27. The summed E-state index contributed by atoms with van der Waals surface area (Å²) in [7, 11) is 0. The van der Waals surface area contributed by atoms with Gasteiger partial charge in [0.15, 0.2) is 17.3 Å². The number of aromatic nitrogens is 2. The van der Waals surface area contributed by atoms with Crippen LogP contribution in [0.1, 0.15) is 17.3 Å². The Morgan fingerprint density at radius 2 is 1.75 bits per heavy atom. The number of amides is 1. The van der Waals surface area contributed by atoms with Crippen molar-refractivity contribution in [3.05, 3.63) is 72.3 Å². The summed E-state index contributed by atoms with van der Waals surface area (Å²) < 4.78 is 16.7. The molecule has 0 N–H and O–H groups in total. The lowest BCUT2D eigenvalue weighted by Crippen LogP contribution is -2.49. The molecular formula is C28H26N4O4. The van der Waals surface area contributed by atoms with Crippen molar-refractivity contribution < 1.29 is 19.0 Å². The number of benzene rings is 3. The molecule has 8 heteroatoms. The highest BCUT2D eigenvalue weighted by molar-refractivity contribution is 6.09. The molecule has 3 aromatic carbocycles. The number of nitrogens with zero attached hydrogens (tertiary/aromatic N) is 4. The second kappa shape index (κ2) is 9.37. The zero-order chi connectivity index (χ0) is 24.5. The van der Waals surface area contributed by atoms with E-state index in [1.807, 2.05) is 78.6 Å². The van der Waals surface area contributed by atoms with Crippen LogP contribution in [0.15, 0.2) is 66.7 Å². The van der Waals surface area contributed by atoms with Crippen LogP contribution in [0.2, 0.25) is 0 Å². The molecule has 0 bridgehead atoms. The molecule has 1 aromatic heterocycles. The summed E-state index contributed by atoms with van der Waals surface area (Å²) in [6.07, 6.45) is 0. The normalized spacial score (nSPS) is 14.8. The third-order valence-corrected chi connectivity index (χ3v) is 6.61. The highest BCUT2D eigenvalue weighted by Crippen LogP contribution is 2.35. The summed E-state index contributed by atoms with van der Waals surface area (Å²) >= 11 is 0. The third-order valence-electron chi connectivity index (χ3n) is 6.61. The summed E-state index contributed by atoms with van der Waals surface area (Å²) in [5, 5.41) is 10.8. The van der Waals surface area contributed by atoms with Gasteiger partial charge in [-0.25, -0.2) is 0 Å². The van der Waals surface area contributed by atoms with E-state index in [4.69, 9.17) is 14.2 Å². The minimum Gasteiger partial charge on any atom is -0.493 e. The molecule has 6 rings (SSSR count). The lowest BCUT2D eigenvalue weighted by Gasteiger charge is -2.35. The number of anilines is 1. The van der Waals surface area contributed by atoms with Gasteiger partial charge < -0.3 is 24.0 Å². The molecule has 1 fully saturated rings. The van der Waals surface area contributed by atoms with E-state index >= 15 is 0 Å². The van der Waals surface area contributed by atoms with Gasteiger partial charge in [-0.05, 0) is 54.1 Å². The Morgan fingerprint density at radius 3 is 2.56 bits per heavy atom. The molecule has 0 atom stereocenters. The molecule has 0 radical (unpaired) electrons. The van der Waals surface area contributed by atoms with Crippen LogP contribution < -0.4 is 19.1 Å². The van der Waals surface area contributed by atoms with Crippen molar-refractivity contribution in [2.75, 3.05) is 44.5 Å². The zero-order valence-corrected chi connectivity index (χ0v) is 20.0. The summed E-state index contributed by atoms with van der Waals surface area (Å²) in [5.74, 6) is 2.89. The van der Waals surface area contributed by atoms with Gasteiger partial charge in [-0.3, -0.25) is 4.79 Å². The second-order valence-corrected chi connectivity index (χ2v) is 8.72. The van der Waals surface area contributed by atoms with Crippen molar-refractivity contribution >= 4 is 22.5 Å². The predicted octanol–water partition coefficient (Wildman–Crippen LogP) is 4.39. The molecular weight excluding hydrogens is 456 g/mol. The largest absolute Gasteiger partial charge is 0.493 e. The van der Waals surface area contributed by atoms with Crippen LogP contribution in [0.4, 0.5) is 5.82 Å². The van der Waals surface area contributed by atoms with Gasteiger partial charge in [0.05, 0.1) is 17.9 Å². The smallest absolute Gasteiger partial charge is 0.258 e. The Kier molecular flexibility index (Phi) is 5.77. The highest BCUT2D eigenvalue weighted by atomic mass is 16.7. The molecule has 182 valence electrons. The fourth-order valence-corrected chi connectivity index (χ4v) is 4.75. The minimum absolute atomic E-state index is 0.000796. The minimum atomic E-state index is -0.000796. The van der Waals surface area contributed by atoms with Crippen LogP contribution in [-0.4, -0.2) is 60.6 Å². The molecule has 0 saturated carbocycles. The van der Waals surface area contributed by atoms with E-state index in [9.17, 15) is 4.79 Å². The number of piperazine rings is 1. The van der Waals surface area contributed by atoms with Crippen molar-refractivity contribution in [3.8, 4) is 28.5 Å². The Balaban J connectivity index is 1.16. The van der Waals surface area contributed by atoms with E-state index < -0.39 is 0 Å². The molecule has 0 unspecified atom stereocenters. The van der Waals surface area contributed by atoms with E-state index in [1.165, 1.54) is 0 Å². The topological polar surface area (TPSA) is 77.0 Å². The number of rotatable bonds is 5. The summed E-state index contributed by atoms with van der Waals surface area (Å²) in [5.41, 5.74) is 2.33. The number of carbonyl (C=O) groups is 1. The van der Waals surface area contributed by atoms with Gasteiger partial charge in [-0.1, -0.05) is 30.3 Å². The Labute approximate surface area is 209 Å². The fraction of sp³-hybridized carbons (Fsp3) is 0.250. The maximum atomic E-state index is 13.6. The van der Waals surface area contributed by atoms with Crippen molar-refractivity contribution in [3.63, 3.8) is 0 Å². The number of hydrogen-bond donors (Lipinski definition) is 0. The quantitative estimate of drug-likeness (QED) is 0.418. The van der Waals surface area contributed by atoms with E-state index in [2.05, 4.69) is 15.1 Å². The first-order valence-electron chi connectivity index (χ1n) is 12.1. The number of ether oxygens (including phenoxy) is 3. The van der Waals surface area contributed by atoms with Gasteiger partial charge in [0.2, 0.25) is 6.79 Å². The third kappa shape index (κ3) is 4.04. The van der Waals surface area contributed by atoms with Gasteiger partial charge in [0.1, 0.15) is 5.75 Å². The summed E-state index contributed by atoms with van der Waals surface area (Å²) in [6, 6.07) is 21.5. The van der Waals surface area contributed by atoms with Crippen molar-refractivity contribution in [2.24, 2.45) is 0 Å². The van der Waals surface area contributed by atoms with Crippen molar-refractivity contribution in [2.45, 2.75) is 6.92 Å². The Bertz CT molecular complexity index is 1420.